The Morgan fingerprint density at radius 2 is 2.00 bits per heavy atom. The van der Waals surface area contributed by atoms with Crippen LogP contribution in [0.15, 0.2) is 29.3 Å². The molecule has 1 aliphatic heterocycles. The van der Waals surface area contributed by atoms with E-state index in [2.05, 4.69) is 44.8 Å². The zero-order chi connectivity index (χ0) is 17.4. The lowest BCUT2D eigenvalue weighted by molar-refractivity contribution is 0.127. The average molecular weight is 462 g/mol. The van der Waals surface area contributed by atoms with E-state index >= 15 is 0 Å². The molecule has 1 aromatic carbocycles. The molecule has 1 saturated heterocycles. The third-order valence-electron chi connectivity index (χ3n) is 4.59. The Bertz CT molecular complexity index is 528. The van der Waals surface area contributed by atoms with Gasteiger partial charge in [0.15, 0.2) is 5.96 Å². The van der Waals surface area contributed by atoms with Gasteiger partial charge in [-0.2, -0.15) is 0 Å². The van der Waals surface area contributed by atoms with Gasteiger partial charge in [-0.05, 0) is 30.5 Å². The first-order chi connectivity index (χ1) is 11.6. The number of halogens is 1. The van der Waals surface area contributed by atoms with Gasteiger partial charge in [0.1, 0.15) is 0 Å². The molecule has 0 spiro atoms. The second-order valence-electron chi connectivity index (χ2n) is 6.62. The number of benzene rings is 1. The Morgan fingerprint density at radius 1 is 1.28 bits per heavy atom. The van der Waals surface area contributed by atoms with Gasteiger partial charge in [0.05, 0.1) is 6.61 Å². The number of aliphatic imine (C=N–C) groups is 1. The fourth-order valence-electron chi connectivity index (χ4n) is 2.90. The highest BCUT2D eigenvalue weighted by molar-refractivity contribution is 14.0. The molecule has 1 unspecified atom stereocenters. The lowest BCUT2D eigenvalue weighted by atomic mass is 9.84. The molecular formula is C18H31IN4O2. The summed E-state index contributed by atoms with van der Waals surface area (Å²) in [6.45, 7) is 3.13. The minimum Gasteiger partial charge on any atom is -0.396 e. The molecule has 0 amide bonds. The Labute approximate surface area is 168 Å². The number of anilines is 1. The molecule has 0 radical (unpaired) electrons. The van der Waals surface area contributed by atoms with Gasteiger partial charge >= 0.3 is 0 Å². The molecular weight excluding hydrogens is 431 g/mol. The van der Waals surface area contributed by atoms with E-state index in [1.54, 1.807) is 7.05 Å². The third-order valence-corrected chi connectivity index (χ3v) is 4.59. The van der Waals surface area contributed by atoms with Crippen molar-refractivity contribution in [3.05, 3.63) is 29.8 Å². The van der Waals surface area contributed by atoms with E-state index < -0.39 is 0 Å². The maximum atomic E-state index is 9.30. The maximum absolute atomic E-state index is 9.30. The van der Waals surface area contributed by atoms with E-state index in [0.29, 0.717) is 6.61 Å². The van der Waals surface area contributed by atoms with Crippen LogP contribution in [0.25, 0.3) is 0 Å². The molecule has 1 aromatic rings. The molecule has 7 heteroatoms. The van der Waals surface area contributed by atoms with Crippen LogP contribution in [-0.2, 0) is 11.3 Å². The molecule has 0 aromatic heterocycles. The molecule has 0 aliphatic carbocycles. The number of hydrogen-bond donors (Lipinski definition) is 3. The van der Waals surface area contributed by atoms with Crippen LogP contribution in [0.4, 0.5) is 5.69 Å². The van der Waals surface area contributed by atoms with Crippen molar-refractivity contribution in [3.8, 4) is 0 Å². The van der Waals surface area contributed by atoms with E-state index in [1.165, 1.54) is 11.3 Å². The predicted octanol–water partition coefficient (Wildman–Crippen LogP) is 1.82. The first-order valence-electron chi connectivity index (χ1n) is 8.48. The van der Waals surface area contributed by atoms with Crippen molar-refractivity contribution in [1.82, 2.24) is 10.6 Å². The number of hydrogen-bond acceptors (Lipinski definition) is 4. The number of rotatable bonds is 7. The predicted molar refractivity (Wildman–Crippen MR) is 114 cm³/mol. The SMILES string of the molecule is CN=C(NCc1ccc(N(C)C)cc1)NCC1(CCO)CCOC1.I. The van der Waals surface area contributed by atoms with Crippen molar-refractivity contribution in [1.29, 1.82) is 0 Å². The molecule has 0 saturated carbocycles. The fourth-order valence-corrected chi connectivity index (χ4v) is 2.90. The molecule has 1 heterocycles. The van der Waals surface area contributed by atoms with Gasteiger partial charge < -0.3 is 25.4 Å². The fraction of sp³-hybridized carbons (Fsp3) is 0.611. The molecule has 1 fully saturated rings. The monoisotopic (exact) mass is 462 g/mol. The summed E-state index contributed by atoms with van der Waals surface area (Å²) in [6, 6.07) is 8.46. The number of ether oxygens (including phenoxy) is 1. The lowest BCUT2D eigenvalue weighted by Gasteiger charge is -2.27. The number of aliphatic hydroxyl groups is 1. The van der Waals surface area contributed by atoms with Crippen molar-refractivity contribution >= 4 is 35.6 Å². The largest absolute Gasteiger partial charge is 0.396 e. The molecule has 142 valence electrons. The Kier molecular flexibility index (Phi) is 9.52. The van der Waals surface area contributed by atoms with Crippen LogP contribution in [0.2, 0.25) is 0 Å². The third kappa shape index (κ3) is 6.63. The van der Waals surface area contributed by atoms with Crippen LogP contribution in [0.1, 0.15) is 18.4 Å². The molecule has 2 rings (SSSR count). The summed E-state index contributed by atoms with van der Waals surface area (Å²) >= 11 is 0. The van der Waals surface area contributed by atoms with Gasteiger partial charge in [-0.15, -0.1) is 24.0 Å². The summed E-state index contributed by atoms with van der Waals surface area (Å²) in [5, 5.41) is 16.0. The van der Waals surface area contributed by atoms with Gasteiger partial charge in [-0.25, -0.2) is 0 Å². The van der Waals surface area contributed by atoms with Crippen LogP contribution in [0.5, 0.6) is 0 Å². The van der Waals surface area contributed by atoms with Gasteiger partial charge in [0.2, 0.25) is 0 Å². The topological polar surface area (TPSA) is 69.1 Å². The number of aliphatic hydroxyl groups excluding tert-OH is 1. The number of nitrogens with one attached hydrogen (secondary N) is 2. The van der Waals surface area contributed by atoms with Crippen molar-refractivity contribution < 1.29 is 9.84 Å². The molecule has 6 nitrogen and oxygen atoms in total. The van der Waals surface area contributed by atoms with E-state index in [-0.39, 0.29) is 36.0 Å². The molecule has 0 bridgehead atoms. The summed E-state index contributed by atoms with van der Waals surface area (Å²) in [6.07, 6.45) is 1.73. The summed E-state index contributed by atoms with van der Waals surface area (Å²) < 4.78 is 5.52. The van der Waals surface area contributed by atoms with Gasteiger partial charge in [-0.1, -0.05) is 12.1 Å². The van der Waals surface area contributed by atoms with Crippen LogP contribution in [0, 0.1) is 5.41 Å². The summed E-state index contributed by atoms with van der Waals surface area (Å²) in [5.41, 5.74) is 2.41. The summed E-state index contributed by atoms with van der Waals surface area (Å²) in [4.78, 5) is 6.37. The van der Waals surface area contributed by atoms with Crippen LogP contribution < -0.4 is 15.5 Å². The van der Waals surface area contributed by atoms with Gasteiger partial charge in [0.25, 0.3) is 0 Å². The van der Waals surface area contributed by atoms with Gasteiger partial charge in [0, 0.05) is 58.5 Å². The Balaban J connectivity index is 0.00000312. The Morgan fingerprint density at radius 3 is 2.52 bits per heavy atom. The lowest BCUT2D eigenvalue weighted by Crippen LogP contribution is -2.44. The second kappa shape index (κ2) is 10.8. The zero-order valence-electron chi connectivity index (χ0n) is 15.4. The summed E-state index contributed by atoms with van der Waals surface area (Å²) in [5.74, 6) is 0.774. The molecule has 1 atom stereocenters. The molecule has 3 N–H and O–H groups in total. The first kappa shape index (κ1) is 22.0. The average Bonchev–Trinajstić information content (AvgIpc) is 3.04. The minimum absolute atomic E-state index is 0. The van der Waals surface area contributed by atoms with Crippen molar-refractivity contribution in [2.45, 2.75) is 19.4 Å². The van der Waals surface area contributed by atoms with E-state index in [1.807, 2.05) is 14.1 Å². The quantitative estimate of drug-likeness (QED) is 0.328. The number of nitrogens with zero attached hydrogens (tertiary/aromatic N) is 2. The maximum Gasteiger partial charge on any atom is 0.191 e. The highest BCUT2D eigenvalue weighted by Gasteiger charge is 2.34. The molecule has 25 heavy (non-hydrogen) atoms. The minimum atomic E-state index is 0. The second-order valence-corrected chi connectivity index (χ2v) is 6.62. The van der Waals surface area contributed by atoms with Crippen LogP contribution in [-0.4, -0.2) is 58.6 Å². The Hall–Kier alpha value is -1.06. The molecule has 1 aliphatic rings. The standard InChI is InChI=1S/C18H30N4O2.HI/c1-19-17(21-13-18(8-10-23)9-11-24-14-18)20-12-15-4-6-16(7-5-15)22(2)3;/h4-7,23H,8-14H2,1-3H3,(H2,19,20,21);1H. The van der Waals surface area contributed by atoms with Crippen molar-refractivity contribution in [2.24, 2.45) is 10.4 Å². The summed E-state index contributed by atoms with van der Waals surface area (Å²) in [7, 11) is 5.84. The van der Waals surface area contributed by atoms with Crippen molar-refractivity contribution in [2.75, 3.05) is 52.4 Å². The van der Waals surface area contributed by atoms with Gasteiger partial charge in [-0.3, -0.25) is 4.99 Å². The normalized spacial score (nSPS) is 20.1. The van der Waals surface area contributed by atoms with Crippen LogP contribution in [0.3, 0.4) is 0 Å². The first-order valence-corrected chi connectivity index (χ1v) is 8.48. The van der Waals surface area contributed by atoms with Crippen LogP contribution >= 0.6 is 24.0 Å². The van der Waals surface area contributed by atoms with E-state index in [4.69, 9.17) is 4.74 Å². The smallest absolute Gasteiger partial charge is 0.191 e. The van der Waals surface area contributed by atoms with Crippen molar-refractivity contribution in [3.63, 3.8) is 0 Å². The number of guanidine groups is 1. The van der Waals surface area contributed by atoms with E-state index in [0.717, 1.165) is 38.5 Å². The highest BCUT2D eigenvalue weighted by atomic mass is 127. The highest BCUT2D eigenvalue weighted by Crippen LogP contribution is 2.31. The van der Waals surface area contributed by atoms with E-state index in [9.17, 15) is 5.11 Å². The zero-order valence-corrected chi connectivity index (χ0v) is 17.7.